The second-order valence-corrected chi connectivity index (χ2v) is 4.33. The Labute approximate surface area is 117 Å². The summed E-state index contributed by atoms with van der Waals surface area (Å²) in [6.45, 7) is 8.33. The van der Waals surface area contributed by atoms with Crippen LogP contribution < -0.4 is 5.73 Å². The summed E-state index contributed by atoms with van der Waals surface area (Å²) >= 11 is 0. The third kappa shape index (κ3) is 9.83. The average molecular weight is 258 g/mol. The Balaban J connectivity index is 0.000000272. The van der Waals surface area contributed by atoms with E-state index in [2.05, 4.69) is 18.8 Å². The van der Waals surface area contributed by atoms with Crippen molar-refractivity contribution in [2.45, 2.75) is 40.5 Å². The zero-order chi connectivity index (χ0) is 14.5. The fourth-order valence-corrected chi connectivity index (χ4v) is 1.03. The molecular weight excluding hydrogens is 232 g/mol. The van der Waals surface area contributed by atoms with Gasteiger partial charge >= 0.3 is 0 Å². The van der Waals surface area contributed by atoms with E-state index in [-0.39, 0.29) is 0 Å². The maximum absolute atomic E-state index is 5.52. The highest BCUT2D eigenvalue weighted by Crippen LogP contribution is 2.06. The maximum atomic E-state index is 5.52. The second-order valence-electron chi connectivity index (χ2n) is 4.33. The monoisotopic (exact) mass is 258 g/mol. The fraction of sp³-hybridized carbons (Fsp3) is 0.353. The van der Waals surface area contributed by atoms with Crippen LogP contribution >= 0.6 is 0 Å². The van der Waals surface area contributed by atoms with Gasteiger partial charge in [-0.15, -0.1) is 0 Å². The Morgan fingerprint density at radius 2 is 1.47 bits per heavy atom. The molecule has 19 heavy (non-hydrogen) atoms. The number of benzene rings is 1. The van der Waals surface area contributed by atoms with E-state index < -0.39 is 0 Å². The molecule has 0 aliphatic rings. The molecule has 0 saturated heterocycles. The van der Waals surface area contributed by atoms with Crippen LogP contribution in [0.5, 0.6) is 0 Å². The molecule has 0 saturated carbocycles. The van der Waals surface area contributed by atoms with Crippen LogP contribution in [0.3, 0.4) is 0 Å². The van der Waals surface area contributed by atoms with Crippen molar-refractivity contribution >= 4 is 5.69 Å². The molecule has 0 fully saturated rings. The number of pyridine rings is 1. The Bertz CT molecular complexity index is 401. The van der Waals surface area contributed by atoms with Gasteiger partial charge in [0.15, 0.2) is 0 Å². The number of aromatic nitrogens is 1. The molecule has 0 unspecified atom stereocenters. The van der Waals surface area contributed by atoms with E-state index in [0.717, 1.165) is 16.9 Å². The standard InChI is InChI=1S/C7H9N.C6H7N.C4H10/c1-6-4-2-3-5-7(6)8;1-6-4-2-3-5-7-6;1-3-4-2/h2-5H,8H2,1H3;2-5H,1H3;3-4H2,1-2H3. The summed E-state index contributed by atoms with van der Waals surface area (Å²) in [5, 5.41) is 0. The highest BCUT2D eigenvalue weighted by molar-refractivity contribution is 5.44. The number of rotatable bonds is 1. The van der Waals surface area contributed by atoms with E-state index in [1.807, 2.05) is 56.3 Å². The Kier molecular flexibility index (Phi) is 10.2. The molecule has 0 radical (unpaired) electrons. The smallest absolute Gasteiger partial charge is 0.0372 e. The molecule has 0 spiro atoms. The fourth-order valence-electron chi connectivity index (χ4n) is 1.03. The number of hydrogen-bond donors (Lipinski definition) is 1. The van der Waals surface area contributed by atoms with Crippen LogP contribution in [0.25, 0.3) is 0 Å². The van der Waals surface area contributed by atoms with Gasteiger partial charge in [-0.3, -0.25) is 4.98 Å². The van der Waals surface area contributed by atoms with Crippen LogP contribution in [0, 0.1) is 13.8 Å². The lowest BCUT2D eigenvalue weighted by atomic mass is 10.2. The van der Waals surface area contributed by atoms with Gasteiger partial charge in [0.1, 0.15) is 0 Å². The van der Waals surface area contributed by atoms with E-state index >= 15 is 0 Å². The minimum Gasteiger partial charge on any atom is -0.399 e. The van der Waals surface area contributed by atoms with Gasteiger partial charge in [0.2, 0.25) is 0 Å². The number of unbranched alkanes of at least 4 members (excludes halogenated alkanes) is 1. The summed E-state index contributed by atoms with van der Waals surface area (Å²) < 4.78 is 0. The molecule has 2 N–H and O–H groups in total. The predicted octanol–water partition coefficient (Wildman–Crippen LogP) is 4.77. The van der Waals surface area contributed by atoms with Crippen LogP contribution in [0.4, 0.5) is 5.69 Å². The van der Waals surface area contributed by atoms with E-state index in [4.69, 9.17) is 5.73 Å². The first-order valence-electron chi connectivity index (χ1n) is 6.80. The van der Waals surface area contributed by atoms with Gasteiger partial charge < -0.3 is 5.73 Å². The summed E-state index contributed by atoms with van der Waals surface area (Å²) in [6, 6.07) is 13.7. The number of aryl methyl sites for hydroxylation is 2. The van der Waals surface area contributed by atoms with Gasteiger partial charge in [0.25, 0.3) is 0 Å². The lowest BCUT2D eigenvalue weighted by molar-refractivity contribution is 0.886. The minimum absolute atomic E-state index is 0.868. The van der Waals surface area contributed by atoms with Crippen molar-refractivity contribution in [3.05, 3.63) is 59.9 Å². The highest BCUT2D eigenvalue weighted by atomic mass is 14.6. The Hall–Kier alpha value is -1.83. The first-order valence-corrected chi connectivity index (χ1v) is 6.80. The van der Waals surface area contributed by atoms with Crippen molar-refractivity contribution in [1.82, 2.24) is 4.98 Å². The lowest BCUT2D eigenvalue weighted by Gasteiger charge is -1.93. The number of nitrogens with two attached hydrogens (primary N) is 1. The molecular formula is C17H26N2. The molecule has 0 amide bonds. The van der Waals surface area contributed by atoms with Crippen molar-refractivity contribution in [3.8, 4) is 0 Å². The van der Waals surface area contributed by atoms with Crippen molar-refractivity contribution < 1.29 is 0 Å². The van der Waals surface area contributed by atoms with Crippen molar-refractivity contribution in [1.29, 1.82) is 0 Å². The molecule has 2 aromatic rings. The van der Waals surface area contributed by atoms with Crippen LogP contribution in [0.2, 0.25) is 0 Å². The average Bonchev–Trinajstić information content (AvgIpc) is 2.44. The van der Waals surface area contributed by atoms with Crippen LogP contribution in [-0.2, 0) is 0 Å². The van der Waals surface area contributed by atoms with Crippen LogP contribution in [0.15, 0.2) is 48.7 Å². The van der Waals surface area contributed by atoms with Crippen LogP contribution in [0.1, 0.15) is 37.9 Å². The third-order valence-corrected chi connectivity index (χ3v) is 2.50. The molecule has 1 aromatic carbocycles. The van der Waals surface area contributed by atoms with Crippen LogP contribution in [-0.4, -0.2) is 4.98 Å². The maximum Gasteiger partial charge on any atom is 0.0372 e. The van der Waals surface area contributed by atoms with Gasteiger partial charge in [-0.2, -0.15) is 0 Å². The molecule has 104 valence electrons. The summed E-state index contributed by atoms with van der Waals surface area (Å²) in [7, 11) is 0. The number of nitrogen functional groups attached to an aromatic ring is 1. The first-order chi connectivity index (χ1) is 9.11. The van der Waals surface area contributed by atoms with E-state index in [1.165, 1.54) is 12.8 Å². The van der Waals surface area contributed by atoms with E-state index in [9.17, 15) is 0 Å². The van der Waals surface area contributed by atoms with E-state index in [0.29, 0.717) is 0 Å². The summed E-state index contributed by atoms with van der Waals surface area (Å²) in [4.78, 5) is 3.98. The lowest BCUT2D eigenvalue weighted by Crippen LogP contribution is -1.85. The normalized spacial score (nSPS) is 8.63. The quantitative estimate of drug-likeness (QED) is 0.748. The highest BCUT2D eigenvalue weighted by Gasteiger charge is 1.84. The molecule has 0 aliphatic heterocycles. The molecule has 0 aliphatic carbocycles. The molecule has 0 bridgehead atoms. The van der Waals surface area contributed by atoms with Gasteiger partial charge in [0.05, 0.1) is 0 Å². The third-order valence-electron chi connectivity index (χ3n) is 2.50. The molecule has 1 heterocycles. The molecule has 1 aromatic heterocycles. The van der Waals surface area contributed by atoms with Gasteiger partial charge in [-0.1, -0.05) is 51.0 Å². The Morgan fingerprint density at radius 3 is 1.74 bits per heavy atom. The largest absolute Gasteiger partial charge is 0.399 e. The molecule has 2 heteroatoms. The molecule has 2 rings (SSSR count). The van der Waals surface area contributed by atoms with Gasteiger partial charge in [-0.25, -0.2) is 0 Å². The molecule has 0 atom stereocenters. The number of nitrogens with zero attached hydrogens (tertiary/aromatic N) is 1. The number of hydrogen-bond acceptors (Lipinski definition) is 2. The predicted molar refractivity (Wildman–Crippen MR) is 85.1 cm³/mol. The summed E-state index contributed by atoms with van der Waals surface area (Å²) in [6.07, 6.45) is 4.43. The number of para-hydroxylation sites is 1. The molecule has 2 nitrogen and oxygen atoms in total. The SMILES string of the molecule is CCCC.Cc1ccccc1N.Cc1ccccn1. The van der Waals surface area contributed by atoms with Crippen molar-refractivity contribution in [2.24, 2.45) is 0 Å². The van der Waals surface area contributed by atoms with Crippen molar-refractivity contribution in [3.63, 3.8) is 0 Å². The zero-order valence-corrected chi connectivity index (χ0v) is 12.6. The first kappa shape index (κ1) is 17.2. The number of anilines is 1. The van der Waals surface area contributed by atoms with Gasteiger partial charge in [-0.05, 0) is 37.6 Å². The zero-order valence-electron chi connectivity index (χ0n) is 12.6. The minimum atomic E-state index is 0.868. The summed E-state index contributed by atoms with van der Waals surface area (Å²) in [5.74, 6) is 0. The van der Waals surface area contributed by atoms with E-state index in [1.54, 1.807) is 6.20 Å². The van der Waals surface area contributed by atoms with Crippen molar-refractivity contribution in [2.75, 3.05) is 5.73 Å². The van der Waals surface area contributed by atoms with Gasteiger partial charge in [0, 0.05) is 17.6 Å². The second kappa shape index (κ2) is 11.3. The summed E-state index contributed by atoms with van der Waals surface area (Å²) in [5.41, 5.74) is 8.61. The topological polar surface area (TPSA) is 38.9 Å². The Morgan fingerprint density at radius 1 is 0.895 bits per heavy atom.